The van der Waals surface area contributed by atoms with Gasteiger partial charge < -0.3 is 10.5 Å². The molecule has 0 aromatic heterocycles. The first-order valence-corrected chi connectivity index (χ1v) is 2.82. The number of alkyl halides is 3. The molecule has 11 heavy (non-hydrogen) atoms. The third kappa shape index (κ3) is 5.65. The zero-order valence-corrected chi connectivity index (χ0v) is 5.81. The number of rotatable bonds is 2. The highest BCUT2D eigenvalue weighted by atomic mass is 19.4. The van der Waals surface area contributed by atoms with Crippen LogP contribution in [0.5, 0.6) is 0 Å². The quantitative estimate of drug-likeness (QED) is 0.613. The molecule has 0 saturated heterocycles. The standard InChI is InChI=1S/C5H8F3NO2/c1-3(9)4(10)11-2-5(6,7)8/h3H,2,9H2,1H3/t3-/m0/s1. The number of ether oxygens (including phenoxy) is 1. The first-order valence-electron chi connectivity index (χ1n) is 2.82. The smallest absolute Gasteiger partial charge is 0.422 e. The lowest BCUT2D eigenvalue weighted by atomic mass is 10.4. The maximum atomic E-state index is 11.4. The Hall–Kier alpha value is -0.780. The van der Waals surface area contributed by atoms with Crippen LogP contribution in [0.15, 0.2) is 0 Å². The molecular weight excluding hydrogens is 163 g/mol. The number of carbonyl (C=O) groups excluding carboxylic acids is 1. The highest BCUT2D eigenvalue weighted by Gasteiger charge is 2.29. The van der Waals surface area contributed by atoms with Crippen LogP contribution in [0.1, 0.15) is 6.92 Å². The molecule has 1 atom stereocenters. The predicted octanol–water partition coefficient (Wildman–Crippen LogP) is 0.439. The van der Waals surface area contributed by atoms with Crippen molar-refractivity contribution in [1.82, 2.24) is 0 Å². The molecule has 0 radical (unpaired) electrons. The molecular formula is C5H8F3NO2. The van der Waals surface area contributed by atoms with Crippen molar-refractivity contribution in [2.24, 2.45) is 5.73 Å². The minimum absolute atomic E-state index is 1.02. The summed E-state index contributed by atoms with van der Waals surface area (Å²) < 4.78 is 37.9. The van der Waals surface area contributed by atoms with Gasteiger partial charge >= 0.3 is 12.1 Å². The highest BCUT2D eigenvalue weighted by molar-refractivity contribution is 5.74. The van der Waals surface area contributed by atoms with Gasteiger partial charge in [0, 0.05) is 0 Å². The van der Waals surface area contributed by atoms with Gasteiger partial charge in [-0.2, -0.15) is 13.2 Å². The van der Waals surface area contributed by atoms with E-state index in [-0.39, 0.29) is 0 Å². The van der Waals surface area contributed by atoms with E-state index in [0.29, 0.717) is 0 Å². The van der Waals surface area contributed by atoms with Crippen LogP contribution in [-0.4, -0.2) is 24.8 Å². The fourth-order valence-electron chi connectivity index (χ4n) is 0.284. The second-order valence-electron chi connectivity index (χ2n) is 2.01. The number of carbonyl (C=O) groups is 1. The van der Waals surface area contributed by atoms with Gasteiger partial charge in [0.25, 0.3) is 0 Å². The molecule has 6 heteroatoms. The summed E-state index contributed by atoms with van der Waals surface area (Å²) in [4.78, 5) is 10.3. The fourth-order valence-corrected chi connectivity index (χ4v) is 0.284. The van der Waals surface area contributed by atoms with Gasteiger partial charge in [0.05, 0.1) is 0 Å². The summed E-state index contributed by atoms with van der Waals surface area (Å²) in [5, 5.41) is 0. The van der Waals surface area contributed by atoms with Crippen LogP contribution in [0.4, 0.5) is 13.2 Å². The Bertz CT molecular complexity index is 143. The molecule has 2 N–H and O–H groups in total. The lowest BCUT2D eigenvalue weighted by molar-refractivity contribution is -0.186. The van der Waals surface area contributed by atoms with E-state index >= 15 is 0 Å². The molecule has 66 valence electrons. The van der Waals surface area contributed by atoms with Crippen LogP contribution < -0.4 is 5.73 Å². The van der Waals surface area contributed by atoms with E-state index in [1.165, 1.54) is 6.92 Å². The van der Waals surface area contributed by atoms with Crippen LogP contribution in [-0.2, 0) is 9.53 Å². The first-order chi connectivity index (χ1) is 4.83. The number of esters is 1. The minimum Gasteiger partial charge on any atom is -0.455 e. The van der Waals surface area contributed by atoms with Gasteiger partial charge in [-0.05, 0) is 6.92 Å². The zero-order valence-electron chi connectivity index (χ0n) is 5.81. The van der Waals surface area contributed by atoms with Gasteiger partial charge in [-0.15, -0.1) is 0 Å². The van der Waals surface area contributed by atoms with Crippen molar-refractivity contribution in [3.05, 3.63) is 0 Å². The van der Waals surface area contributed by atoms with Gasteiger partial charge in [-0.3, -0.25) is 4.79 Å². The third-order valence-electron chi connectivity index (χ3n) is 0.750. The number of hydrogen-bond acceptors (Lipinski definition) is 3. The van der Waals surface area contributed by atoms with Gasteiger partial charge in [0.1, 0.15) is 6.04 Å². The fraction of sp³-hybridized carbons (Fsp3) is 0.800. The van der Waals surface area contributed by atoms with Gasteiger partial charge in [-0.1, -0.05) is 0 Å². The summed E-state index contributed by atoms with van der Waals surface area (Å²) in [6, 6.07) is -1.02. The molecule has 0 aromatic rings. The lowest BCUT2D eigenvalue weighted by Gasteiger charge is -2.08. The van der Waals surface area contributed by atoms with E-state index in [1.54, 1.807) is 0 Å². The van der Waals surface area contributed by atoms with Crippen LogP contribution >= 0.6 is 0 Å². The first kappa shape index (κ1) is 10.2. The van der Waals surface area contributed by atoms with E-state index in [1.807, 2.05) is 0 Å². The van der Waals surface area contributed by atoms with Gasteiger partial charge in [-0.25, -0.2) is 0 Å². The Morgan fingerprint density at radius 1 is 1.64 bits per heavy atom. The van der Waals surface area contributed by atoms with Crippen molar-refractivity contribution >= 4 is 5.97 Å². The van der Waals surface area contributed by atoms with Crippen LogP contribution in [0.3, 0.4) is 0 Å². The topological polar surface area (TPSA) is 52.3 Å². The normalized spacial score (nSPS) is 14.3. The van der Waals surface area contributed by atoms with Crippen molar-refractivity contribution in [1.29, 1.82) is 0 Å². The summed E-state index contributed by atoms with van der Waals surface area (Å²) in [5.74, 6) is -1.05. The Balaban J connectivity index is 3.64. The van der Waals surface area contributed by atoms with Crippen molar-refractivity contribution in [3.8, 4) is 0 Å². The van der Waals surface area contributed by atoms with Crippen molar-refractivity contribution in [3.63, 3.8) is 0 Å². The maximum absolute atomic E-state index is 11.4. The second-order valence-corrected chi connectivity index (χ2v) is 2.01. The van der Waals surface area contributed by atoms with E-state index in [0.717, 1.165) is 0 Å². The van der Waals surface area contributed by atoms with Crippen molar-refractivity contribution in [2.45, 2.75) is 19.1 Å². The van der Waals surface area contributed by atoms with Gasteiger partial charge in [0.15, 0.2) is 6.61 Å². The Kier molecular flexibility index (Phi) is 3.31. The molecule has 0 heterocycles. The lowest BCUT2D eigenvalue weighted by Crippen LogP contribution is -2.31. The molecule has 0 saturated carbocycles. The van der Waals surface area contributed by atoms with E-state index in [2.05, 4.69) is 4.74 Å². The second kappa shape index (κ2) is 3.56. The Morgan fingerprint density at radius 3 is 2.36 bits per heavy atom. The molecule has 0 unspecified atom stereocenters. The molecule has 3 nitrogen and oxygen atoms in total. The van der Waals surface area contributed by atoms with Crippen molar-refractivity contribution in [2.75, 3.05) is 6.61 Å². The zero-order chi connectivity index (χ0) is 9.07. The number of halogens is 3. The average Bonchev–Trinajstić information content (AvgIpc) is 1.80. The summed E-state index contributed by atoms with van der Waals surface area (Å²) in [7, 11) is 0. The van der Waals surface area contributed by atoms with Crippen LogP contribution in [0.2, 0.25) is 0 Å². The van der Waals surface area contributed by atoms with Crippen molar-refractivity contribution < 1.29 is 22.7 Å². The molecule has 0 aliphatic heterocycles. The predicted molar refractivity (Wildman–Crippen MR) is 30.7 cm³/mol. The van der Waals surface area contributed by atoms with Gasteiger partial charge in [0.2, 0.25) is 0 Å². The summed E-state index contributed by atoms with van der Waals surface area (Å²) in [6.07, 6.45) is -4.48. The SMILES string of the molecule is C[C@H](N)C(=O)OCC(F)(F)F. The third-order valence-corrected chi connectivity index (χ3v) is 0.750. The molecule has 0 spiro atoms. The molecule has 0 bridgehead atoms. The molecule has 0 aromatic carbocycles. The van der Waals surface area contributed by atoms with Crippen LogP contribution in [0.25, 0.3) is 0 Å². The maximum Gasteiger partial charge on any atom is 0.422 e. The Morgan fingerprint density at radius 2 is 2.09 bits per heavy atom. The Labute approximate surface area is 61.3 Å². The number of hydrogen-bond donors (Lipinski definition) is 1. The summed E-state index contributed by atoms with van der Waals surface area (Å²) >= 11 is 0. The minimum atomic E-state index is -4.48. The average molecular weight is 171 g/mol. The molecule has 0 rings (SSSR count). The summed E-state index contributed by atoms with van der Waals surface area (Å²) in [5.41, 5.74) is 4.92. The summed E-state index contributed by atoms with van der Waals surface area (Å²) in [6.45, 7) is -0.327. The highest BCUT2D eigenvalue weighted by Crippen LogP contribution is 2.14. The van der Waals surface area contributed by atoms with Crippen LogP contribution in [0, 0.1) is 0 Å². The molecule has 0 amide bonds. The number of nitrogens with two attached hydrogens (primary N) is 1. The molecule has 0 aliphatic rings. The van der Waals surface area contributed by atoms with E-state index in [9.17, 15) is 18.0 Å². The van der Waals surface area contributed by atoms with E-state index in [4.69, 9.17) is 5.73 Å². The largest absolute Gasteiger partial charge is 0.455 e. The van der Waals surface area contributed by atoms with E-state index < -0.39 is 24.8 Å². The molecule has 0 aliphatic carbocycles. The molecule has 0 fully saturated rings. The monoisotopic (exact) mass is 171 g/mol.